The lowest BCUT2D eigenvalue weighted by Crippen LogP contribution is -2.13. The van der Waals surface area contributed by atoms with E-state index in [0.717, 1.165) is 0 Å². The number of anilines is 1. The Morgan fingerprint density at radius 2 is 1.77 bits per heavy atom. The molecule has 12 heteroatoms. The average Bonchev–Trinajstić information content (AvgIpc) is 2.88. The van der Waals surface area contributed by atoms with Gasteiger partial charge < -0.3 is 15.2 Å². The van der Waals surface area contributed by atoms with E-state index in [9.17, 15) is 22.9 Å². The summed E-state index contributed by atoms with van der Waals surface area (Å²) < 4.78 is 38.6. The van der Waals surface area contributed by atoms with Gasteiger partial charge >= 0.3 is 0 Å². The first-order valence-corrected chi connectivity index (χ1v) is 13.9. The van der Waals surface area contributed by atoms with Crippen LogP contribution < -0.4 is 10.1 Å². The quantitative estimate of drug-likeness (QED) is 0.142. The van der Waals surface area contributed by atoms with Crippen LogP contribution in [0.5, 0.6) is 11.5 Å². The molecule has 9 nitrogen and oxygen atoms in total. The highest BCUT2D eigenvalue weighted by atomic mass is 35.5. The smallest absolute Gasteiger partial charge is 0.296 e. The molecule has 3 N–H and O–H groups in total. The Labute approximate surface area is 234 Å². The Morgan fingerprint density at radius 3 is 2.46 bits per heavy atom. The fraction of sp³-hybridized carbons (Fsp3) is 0.148. The highest BCUT2D eigenvalue weighted by Gasteiger charge is 2.22. The van der Waals surface area contributed by atoms with Crippen molar-refractivity contribution >= 4 is 67.1 Å². The number of nitrogens with one attached hydrogen (secondary N) is 1. The second-order valence-electron chi connectivity index (χ2n) is 8.31. The molecule has 0 radical (unpaired) electrons. The molecule has 202 valence electrons. The molecule has 4 aromatic carbocycles. The number of ether oxygens (including phenoxy) is 1. The van der Waals surface area contributed by atoms with E-state index in [2.05, 4.69) is 15.5 Å². The highest BCUT2D eigenvalue weighted by molar-refractivity contribution is 7.86. The maximum absolute atomic E-state index is 13.3. The van der Waals surface area contributed by atoms with Crippen LogP contribution in [-0.4, -0.2) is 30.6 Å². The van der Waals surface area contributed by atoms with Crippen LogP contribution in [0.3, 0.4) is 0 Å². The lowest BCUT2D eigenvalue weighted by molar-refractivity contribution is 0.102. The predicted molar refractivity (Wildman–Crippen MR) is 151 cm³/mol. The predicted octanol–water partition coefficient (Wildman–Crippen LogP) is 7.73. The van der Waals surface area contributed by atoms with Gasteiger partial charge in [0.1, 0.15) is 16.3 Å². The van der Waals surface area contributed by atoms with Gasteiger partial charge in [0.05, 0.1) is 28.6 Å². The molecule has 0 atom stereocenters. The molecule has 1 amide bonds. The number of carbonyl (C=O) groups is 1. The van der Waals surface area contributed by atoms with Crippen LogP contribution in [0.4, 0.5) is 17.1 Å². The van der Waals surface area contributed by atoms with Crippen molar-refractivity contribution in [2.24, 2.45) is 10.2 Å². The number of rotatable bonds is 8. The number of phenolic OH excluding ortho intramolecular Hbond substituents is 1. The van der Waals surface area contributed by atoms with Gasteiger partial charge in [-0.2, -0.15) is 13.5 Å². The molecule has 0 saturated carbocycles. The van der Waals surface area contributed by atoms with Gasteiger partial charge in [0.25, 0.3) is 16.0 Å². The van der Waals surface area contributed by atoms with Crippen molar-refractivity contribution in [3.63, 3.8) is 0 Å². The topological polar surface area (TPSA) is 138 Å². The Morgan fingerprint density at radius 1 is 1.03 bits per heavy atom. The Hall–Kier alpha value is -3.70. The molecular weight excluding hydrogens is 565 g/mol. The molecular formula is C27H23Cl2N3O6S. The SMILES string of the molecule is CCOc1ccc(Cl)cc1NC(=O)c1cc2ccccc2c(N=Nc2cc(Cl)c(S(=O)(=O)O)c(CC)c2)c1O. The molecule has 0 aliphatic heterocycles. The van der Waals surface area contributed by atoms with Gasteiger partial charge in [0.2, 0.25) is 0 Å². The summed E-state index contributed by atoms with van der Waals surface area (Å²) in [6, 6.07) is 16.0. The summed E-state index contributed by atoms with van der Waals surface area (Å²) in [5, 5.41) is 23.5. The summed E-state index contributed by atoms with van der Waals surface area (Å²) in [6.07, 6.45) is 0.245. The fourth-order valence-electron chi connectivity index (χ4n) is 4.01. The molecule has 4 rings (SSSR count). The molecule has 0 unspecified atom stereocenters. The second-order valence-corrected chi connectivity index (χ2v) is 10.5. The summed E-state index contributed by atoms with van der Waals surface area (Å²) >= 11 is 12.2. The number of halogens is 2. The Balaban J connectivity index is 1.79. The summed E-state index contributed by atoms with van der Waals surface area (Å²) in [6.45, 7) is 3.87. The maximum atomic E-state index is 13.3. The van der Waals surface area contributed by atoms with Crippen molar-refractivity contribution in [1.29, 1.82) is 0 Å². The van der Waals surface area contributed by atoms with Gasteiger partial charge in [-0.15, -0.1) is 5.11 Å². The first kappa shape index (κ1) is 28.3. The van der Waals surface area contributed by atoms with E-state index in [1.165, 1.54) is 24.3 Å². The number of aryl methyl sites for hydroxylation is 1. The third-order valence-electron chi connectivity index (χ3n) is 5.74. The lowest BCUT2D eigenvalue weighted by Gasteiger charge is -2.14. The standard InChI is InChI=1S/C27H23Cl2N3O6S/c1-3-15-11-18(14-21(29)26(15)39(35,36)37)31-32-24-19-8-6-5-7-16(19)12-20(25(24)33)27(34)30-22-13-17(28)9-10-23(22)38-4-2/h5-14,33H,3-4H2,1-2H3,(H,30,34)(H,35,36,37). The zero-order valence-corrected chi connectivity index (χ0v) is 23.1. The van der Waals surface area contributed by atoms with Crippen molar-refractivity contribution in [1.82, 2.24) is 0 Å². The van der Waals surface area contributed by atoms with E-state index in [1.54, 1.807) is 50.2 Å². The number of nitrogens with zero attached hydrogens (tertiary/aromatic N) is 2. The van der Waals surface area contributed by atoms with E-state index in [1.807, 2.05) is 0 Å². The largest absolute Gasteiger partial charge is 0.505 e. The van der Waals surface area contributed by atoms with E-state index in [4.69, 9.17) is 27.9 Å². The molecule has 0 aliphatic carbocycles. The van der Waals surface area contributed by atoms with Crippen LogP contribution >= 0.6 is 23.2 Å². The molecule has 0 aromatic heterocycles. The van der Waals surface area contributed by atoms with E-state index < -0.39 is 26.7 Å². The van der Waals surface area contributed by atoms with Crippen LogP contribution in [0.25, 0.3) is 10.8 Å². The molecule has 4 aromatic rings. The van der Waals surface area contributed by atoms with E-state index in [-0.39, 0.29) is 33.9 Å². The van der Waals surface area contributed by atoms with Crippen molar-refractivity contribution in [2.45, 2.75) is 25.2 Å². The van der Waals surface area contributed by atoms with Crippen molar-refractivity contribution in [3.05, 3.63) is 81.8 Å². The fourth-order valence-corrected chi connectivity index (χ4v) is 5.55. The number of amides is 1. The van der Waals surface area contributed by atoms with Crippen LogP contribution in [-0.2, 0) is 16.5 Å². The van der Waals surface area contributed by atoms with Crippen molar-refractivity contribution in [2.75, 3.05) is 11.9 Å². The van der Waals surface area contributed by atoms with Gasteiger partial charge in [-0.3, -0.25) is 9.35 Å². The number of aromatic hydroxyl groups is 1. The number of hydrogen-bond acceptors (Lipinski definition) is 7. The maximum Gasteiger partial charge on any atom is 0.296 e. The minimum absolute atomic E-state index is 0.0161. The zero-order chi connectivity index (χ0) is 28.3. The number of phenols is 1. The molecule has 0 spiro atoms. The van der Waals surface area contributed by atoms with Gasteiger partial charge in [-0.1, -0.05) is 54.4 Å². The van der Waals surface area contributed by atoms with Gasteiger partial charge in [-0.05, 0) is 60.7 Å². The number of carbonyl (C=O) groups excluding carboxylic acids is 1. The summed E-state index contributed by atoms with van der Waals surface area (Å²) in [7, 11) is -4.55. The van der Waals surface area contributed by atoms with E-state index in [0.29, 0.717) is 33.8 Å². The Bertz CT molecular complexity index is 1720. The molecule has 0 aliphatic rings. The minimum atomic E-state index is -4.55. The molecule has 39 heavy (non-hydrogen) atoms. The normalized spacial score (nSPS) is 11.7. The minimum Gasteiger partial charge on any atom is -0.505 e. The van der Waals surface area contributed by atoms with Gasteiger partial charge in [0, 0.05) is 10.4 Å². The van der Waals surface area contributed by atoms with Crippen LogP contribution in [0, 0.1) is 0 Å². The third-order valence-corrected chi connectivity index (χ3v) is 7.38. The van der Waals surface area contributed by atoms with Crippen LogP contribution in [0.15, 0.2) is 75.8 Å². The zero-order valence-electron chi connectivity index (χ0n) is 20.8. The first-order valence-electron chi connectivity index (χ1n) is 11.7. The van der Waals surface area contributed by atoms with Crippen LogP contribution in [0.1, 0.15) is 29.8 Å². The van der Waals surface area contributed by atoms with E-state index >= 15 is 0 Å². The lowest BCUT2D eigenvalue weighted by atomic mass is 10.0. The average molecular weight is 588 g/mol. The monoisotopic (exact) mass is 587 g/mol. The number of benzene rings is 4. The van der Waals surface area contributed by atoms with Crippen LogP contribution in [0.2, 0.25) is 10.0 Å². The number of hydrogen-bond donors (Lipinski definition) is 3. The summed E-state index contributed by atoms with van der Waals surface area (Å²) in [5.74, 6) is -0.648. The molecule has 0 fully saturated rings. The highest BCUT2D eigenvalue weighted by Crippen LogP contribution is 2.41. The van der Waals surface area contributed by atoms with Gasteiger partial charge in [-0.25, -0.2) is 0 Å². The Kier molecular flexibility index (Phi) is 8.41. The number of fused-ring (bicyclic) bond motifs is 1. The molecule has 0 heterocycles. The van der Waals surface area contributed by atoms with Crippen molar-refractivity contribution < 1.29 is 27.6 Å². The molecule has 0 saturated heterocycles. The summed E-state index contributed by atoms with van der Waals surface area (Å²) in [4.78, 5) is 12.9. The van der Waals surface area contributed by atoms with Gasteiger partial charge in [0.15, 0.2) is 5.75 Å². The first-order chi connectivity index (χ1) is 18.5. The molecule has 0 bridgehead atoms. The second kappa shape index (κ2) is 11.6. The number of azo groups is 1. The van der Waals surface area contributed by atoms with Crippen molar-refractivity contribution in [3.8, 4) is 11.5 Å². The summed E-state index contributed by atoms with van der Waals surface area (Å²) in [5.41, 5.74) is 0.697. The third kappa shape index (κ3) is 6.15.